The molecular formula is C20H26ClNO6. The SMILES string of the molecule is CCOC(=O)C1(C(=O)OC)C(COCCO)NC(C)=CC1c1ccccc1Cl. The summed E-state index contributed by atoms with van der Waals surface area (Å²) < 4.78 is 15.9. The molecule has 2 N–H and O–H groups in total. The summed E-state index contributed by atoms with van der Waals surface area (Å²) in [6, 6.07) is 6.25. The van der Waals surface area contributed by atoms with Crippen molar-refractivity contribution in [1.29, 1.82) is 0 Å². The molecule has 2 rings (SSSR count). The lowest BCUT2D eigenvalue weighted by Crippen LogP contribution is -2.62. The number of hydrogen-bond acceptors (Lipinski definition) is 7. The molecule has 154 valence electrons. The highest BCUT2D eigenvalue weighted by Crippen LogP contribution is 2.47. The summed E-state index contributed by atoms with van der Waals surface area (Å²) in [5.41, 5.74) is -0.382. The zero-order chi connectivity index (χ0) is 20.7. The molecule has 0 bridgehead atoms. The van der Waals surface area contributed by atoms with Crippen LogP contribution in [0.15, 0.2) is 36.0 Å². The molecule has 1 aliphatic rings. The van der Waals surface area contributed by atoms with Crippen LogP contribution in [0.1, 0.15) is 25.3 Å². The Kier molecular flexibility index (Phi) is 7.86. The van der Waals surface area contributed by atoms with Gasteiger partial charge in [0.1, 0.15) is 0 Å². The number of methoxy groups -OCH3 is 1. The lowest BCUT2D eigenvalue weighted by molar-refractivity contribution is -0.176. The number of halogens is 1. The normalized spacial score (nSPS) is 24.1. The second kappa shape index (κ2) is 9.91. The lowest BCUT2D eigenvalue weighted by atomic mass is 9.65. The molecule has 0 saturated carbocycles. The molecule has 0 spiro atoms. The summed E-state index contributed by atoms with van der Waals surface area (Å²) >= 11 is 6.42. The summed E-state index contributed by atoms with van der Waals surface area (Å²) in [6.45, 7) is 3.47. The van der Waals surface area contributed by atoms with Crippen molar-refractivity contribution in [2.45, 2.75) is 25.8 Å². The Balaban J connectivity index is 2.69. The fraction of sp³-hybridized carbons (Fsp3) is 0.500. The van der Waals surface area contributed by atoms with Crippen LogP contribution in [-0.2, 0) is 23.8 Å². The zero-order valence-corrected chi connectivity index (χ0v) is 17.0. The molecule has 28 heavy (non-hydrogen) atoms. The summed E-state index contributed by atoms with van der Waals surface area (Å²) in [7, 11) is 1.23. The van der Waals surface area contributed by atoms with Crippen molar-refractivity contribution in [1.82, 2.24) is 5.32 Å². The van der Waals surface area contributed by atoms with E-state index in [4.69, 9.17) is 30.9 Å². The summed E-state index contributed by atoms with van der Waals surface area (Å²) in [5.74, 6) is -2.19. The van der Waals surface area contributed by atoms with E-state index in [-0.39, 0.29) is 26.4 Å². The summed E-state index contributed by atoms with van der Waals surface area (Å²) in [6.07, 6.45) is 1.78. The van der Waals surface area contributed by atoms with Crippen LogP contribution in [0.3, 0.4) is 0 Å². The first-order chi connectivity index (χ1) is 13.4. The number of rotatable bonds is 8. The molecule has 1 aromatic rings. The smallest absolute Gasteiger partial charge is 0.326 e. The van der Waals surface area contributed by atoms with E-state index in [1.165, 1.54) is 7.11 Å². The number of carbonyl (C=O) groups excluding carboxylic acids is 2. The van der Waals surface area contributed by atoms with Gasteiger partial charge in [0.05, 0.1) is 39.6 Å². The highest BCUT2D eigenvalue weighted by atomic mass is 35.5. The largest absolute Gasteiger partial charge is 0.468 e. The van der Waals surface area contributed by atoms with Crippen LogP contribution in [0.2, 0.25) is 5.02 Å². The van der Waals surface area contributed by atoms with Crippen molar-refractivity contribution in [3.8, 4) is 0 Å². The summed E-state index contributed by atoms with van der Waals surface area (Å²) in [4.78, 5) is 26.3. The van der Waals surface area contributed by atoms with E-state index in [1.807, 2.05) is 6.92 Å². The predicted molar refractivity (Wildman–Crippen MR) is 104 cm³/mol. The highest BCUT2D eigenvalue weighted by molar-refractivity contribution is 6.31. The van der Waals surface area contributed by atoms with E-state index in [2.05, 4.69) is 5.32 Å². The van der Waals surface area contributed by atoms with Gasteiger partial charge in [-0.25, -0.2) is 0 Å². The van der Waals surface area contributed by atoms with Crippen molar-refractivity contribution in [3.63, 3.8) is 0 Å². The van der Waals surface area contributed by atoms with E-state index in [0.29, 0.717) is 10.6 Å². The molecule has 0 saturated heterocycles. The number of allylic oxidation sites excluding steroid dienone is 2. The number of benzene rings is 1. The molecule has 1 aliphatic heterocycles. The molecule has 1 aromatic carbocycles. The molecule has 8 heteroatoms. The van der Waals surface area contributed by atoms with Crippen LogP contribution in [0.4, 0.5) is 0 Å². The maximum atomic E-state index is 13.2. The Labute approximate surface area is 169 Å². The van der Waals surface area contributed by atoms with Crippen LogP contribution < -0.4 is 5.32 Å². The Hall–Kier alpha value is -2.09. The minimum Gasteiger partial charge on any atom is -0.468 e. The fourth-order valence-electron chi connectivity index (χ4n) is 3.58. The molecule has 0 radical (unpaired) electrons. The molecule has 0 fully saturated rings. The molecular weight excluding hydrogens is 386 g/mol. The molecule has 0 amide bonds. The summed E-state index contributed by atoms with van der Waals surface area (Å²) in [5, 5.41) is 12.6. The molecule has 1 heterocycles. The van der Waals surface area contributed by atoms with Crippen LogP contribution in [0, 0.1) is 5.41 Å². The topological polar surface area (TPSA) is 94.1 Å². The maximum absolute atomic E-state index is 13.2. The van der Waals surface area contributed by atoms with E-state index >= 15 is 0 Å². The maximum Gasteiger partial charge on any atom is 0.326 e. The Bertz CT molecular complexity index is 737. The third kappa shape index (κ3) is 4.16. The second-order valence-electron chi connectivity index (χ2n) is 6.43. The quantitative estimate of drug-likeness (QED) is 0.384. The molecule has 0 aromatic heterocycles. The third-order valence-electron chi connectivity index (χ3n) is 4.76. The van der Waals surface area contributed by atoms with Crippen LogP contribution >= 0.6 is 11.6 Å². The van der Waals surface area contributed by atoms with Crippen LogP contribution in [0.25, 0.3) is 0 Å². The monoisotopic (exact) mass is 411 g/mol. The fourth-order valence-corrected chi connectivity index (χ4v) is 3.83. The van der Waals surface area contributed by atoms with Crippen LogP contribution in [0.5, 0.6) is 0 Å². The number of hydrogen-bond donors (Lipinski definition) is 2. The first kappa shape index (κ1) is 22.2. The van der Waals surface area contributed by atoms with Crippen molar-refractivity contribution in [3.05, 3.63) is 46.6 Å². The number of ether oxygens (including phenoxy) is 3. The minimum absolute atomic E-state index is 0.0133. The van der Waals surface area contributed by atoms with E-state index in [0.717, 1.165) is 5.70 Å². The molecule has 7 nitrogen and oxygen atoms in total. The van der Waals surface area contributed by atoms with E-state index in [9.17, 15) is 9.59 Å². The van der Waals surface area contributed by atoms with Crippen molar-refractivity contribution in [2.75, 3.05) is 33.5 Å². The first-order valence-electron chi connectivity index (χ1n) is 9.07. The number of aliphatic hydroxyl groups is 1. The molecule has 3 atom stereocenters. The van der Waals surface area contributed by atoms with Crippen LogP contribution in [-0.4, -0.2) is 56.6 Å². The van der Waals surface area contributed by atoms with E-state index in [1.54, 1.807) is 37.3 Å². The van der Waals surface area contributed by atoms with Gasteiger partial charge in [-0.3, -0.25) is 9.59 Å². The average Bonchev–Trinajstić information content (AvgIpc) is 2.68. The van der Waals surface area contributed by atoms with Gasteiger partial charge in [-0.2, -0.15) is 0 Å². The van der Waals surface area contributed by atoms with Gasteiger partial charge >= 0.3 is 11.9 Å². The number of aliphatic hydroxyl groups excluding tert-OH is 1. The van der Waals surface area contributed by atoms with Gasteiger partial charge in [0.25, 0.3) is 0 Å². The second-order valence-corrected chi connectivity index (χ2v) is 6.83. The van der Waals surface area contributed by atoms with Gasteiger partial charge in [0.2, 0.25) is 0 Å². The third-order valence-corrected chi connectivity index (χ3v) is 5.10. The van der Waals surface area contributed by atoms with Crippen molar-refractivity contribution in [2.24, 2.45) is 5.41 Å². The molecule has 3 unspecified atom stereocenters. The van der Waals surface area contributed by atoms with Gasteiger partial charge < -0.3 is 24.6 Å². The number of nitrogens with one attached hydrogen (secondary N) is 1. The number of carbonyl (C=O) groups is 2. The molecule has 0 aliphatic carbocycles. The van der Waals surface area contributed by atoms with E-state index < -0.39 is 29.3 Å². The first-order valence-corrected chi connectivity index (χ1v) is 9.44. The highest BCUT2D eigenvalue weighted by Gasteiger charge is 2.62. The van der Waals surface area contributed by atoms with Gasteiger partial charge in [-0.15, -0.1) is 0 Å². The Morgan fingerprint density at radius 3 is 2.61 bits per heavy atom. The van der Waals surface area contributed by atoms with Gasteiger partial charge in [0.15, 0.2) is 5.41 Å². The predicted octanol–water partition coefficient (Wildman–Crippen LogP) is 2.03. The van der Waals surface area contributed by atoms with Crippen molar-refractivity contribution < 1.29 is 28.9 Å². The van der Waals surface area contributed by atoms with Gasteiger partial charge in [-0.1, -0.05) is 35.9 Å². The number of esters is 2. The van der Waals surface area contributed by atoms with Gasteiger partial charge in [-0.05, 0) is 25.5 Å². The zero-order valence-electron chi connectivity index (χ0n) is 16.2. The Morgan fingerprint density at radius 1 is 1.29 bits per heavy atom. The average molecular weight is 412 g/mol. The Morgan fingerprint density at radius 2 is 2.00 bits per heavy atom. The van der Waals surface area contributed by atoms with Crippen molar-refractivity contribution >= 4 is 23.5 Å². The van der Waals surface area contributed by atoms with Gasteiger partial charge in [0, 0.05) is 16.6 Å². The lowest BCUT2D eigenvalue weighted by Gasteiger charge is -2.44. The standard InChI is InChI=1S/C20H26ClNO6/c1-4-28-19(25)20(18(24)26-3)15(14-7-5-6-8-16(14)21)11-13(2)22-17(20)12-27-10-9-23/h5-8,11,15,17,22-23H,4,9-10,12H2,1-3H3. The minimum atomic E-state index is -1.75.